The molecule has 0 aliphatic carbocycles. The molecule has 0 aliphatic rings. The summed E-state index contributed by atoms with van der Waals surface area (Å²) in [6, 6.07) is 0.441. The van der Waals surface area contributed by atoms with Crippen molar-refractivity contribution < 1.29 is 0 Å². The van der Waals surface area contributed by atoms with Gasteiger partial charge in [-0.1, -0.05) is 26.7 Å². The topological polar surface area (TPSA) is 26.0 Å². The third-order valence-electron chi connectivity index (χ3n) is 2.28. The van der Waals surface area contributed by atoms with E-state index in [9.17, 15) is 0 Å². The lowest BCUT2D eigenvalue weighted by Crippen LogP contribution is -2.18. The molecule has 0 saturated carbocycles. The van der Waals surface area contributed by atoms with Crippen LogP contribution in [-0.2, 0) is 0 Å². The molecule has 0 aliphatic heterocycles. The van der Waals surface area contributed by atoms with Crippen LogP contribution in [0, 0.1) is 0 Å². The number of thioether (sulfide) groups is 1. The van der Waals surface area contributed by atoms with E-state index < -0.39 is 0 Å². The molecule has 0 radical (unpaired) electrons. The largest absolute Gasteiger partial charge is 0.328 e. The van der Waals surface area contributed by atoms with Crippen molar-refractivity contribution in [3.8, 4) is 0 Å². The molecule has 2 N–H and O–H groups in total. The molecule has 0 aromatic rings. The summed E-state index contributed by atoms with van der Waals surface area (Å²) < 4.78 is 0. The summed E-state index contributed by atoms with van der Waals surface area (Å²) in [5, 5.41) is 0. The molecule has 1 unspecified atom stereocenters. The van der Waals surface area contributed by atoms with E-state index in [0.29, 0.717) is 6.04 Å². The van der Waals surface area contributed by atoms with Gasteiger partial charge in [-0.3, -0.25) is 0 Å². The molecule has 1 atom stereocenters. The lowest BCUT2D eigenvalue weighted by molar-refractivity contribution is 0.589. The van der Waals surface area contributed by atoms with E-state index in [2.05, 4.69) is 25.6 Å². The molecule has 1 nitrogen and oxygen atoms in total. The molecule has 0 aromatic heterocycles. The molecule has 0 amide bonds. The minimum atomic E-state index is 0.441. The fraction of sp³-hybridized carbons (Fsp3) is 1.00. The van der Waals surface area contributed by atoms with Crippen molar-refractivity contribution in [1.29, 1.82) is 0 Å². The second-order valence-corrected chi connectivity index (χ2v) is 4.85. The van der Waals surface area contributed by atoms with Crippen molar-refractivity contribution in [2.24, 2.45) is 5.73 Å². The van der Waals surface area contributed by atoms with Gasteiger partial charge in [0, 0.05) is 6.04 Å². The second kappa shape index (κ2) is 10.4. The lowest BCUT2D eigenvalue weighted by atomic mass is 10.1. The third kappa shape index (κ3) is 10.2. The first-order chi connectivity index (χ1) is 6.31. The SMILES string of the molecule is CCCCCSCCCC(N)CC. The van der Waals surface area contributed by atoms with Crippen molar-refractivity contribution in [1.82, 2.24) is 0 Å². The van der Waals surface area contributed by atoms with Gasteiger partial charge >= 0.3 is 0 Å². The van der Waals surface area contributed by atoms with E-state index in [1.54, 1.807) is 0 Å². The number of nitrogens with two attached hydrogens (primary N) is 1. The summed E-state index contributed by atoms with van der Waals surface area (Å²) >= 11 is 2.09. The Morgan fingerprint density at radius 1 is 1.08 bits per heavy atom. The fourth-order valence-electron chi connectivity index (χ4n) is 1.21. The minimum absolute atomic E-state index is 0.441. The van der Waals surface area contributed by atoms with E-state index in [4.69, 9.17) is 5.73 Å². The zero-order valence-electron chi connectivity index (χ0n) is 9.22. The van der Waals surface area contributed by atoms with Crippen molar-refractivity contribution >= 4 is 11.8 Å². The fourth-order valence-corrected chi connectivity index (χ4v) is 2.19. The van der Waals surface area contributed by atoms with Crippen LogP contribution in [0.2, 0.25) is 0 Å². The van der Waals surface area contributed by atoms with Crippen LogP contribution >= 0.6 is 11.8 Å². The summed E-state index contributed by atoms with van der Waals surface area (Å²) in [5.74, 6) is 2.65. The molecule has 0 rings (SSSR count). The number of rotatable bonds is 9. The Balaban J connectivity index is 2.91. The van der Waals surface area contributed by atoms with Gasteiger partial charge in [-0.05, 0) is 37.2 Å². The van der Waals surface area contributed by atoms with Crippen LogP contribution in [0.1, 0.15) is 52.4 Å². The van der Waals surface area contributed by atoms with Gasteiger partial charge in [-0.2, -0.15) is 11.8 Å². The van der Waals surface area contributed by atoms with E-state index in [-0.39, 0.29) is 0 Å². The van der Waals surface area contributed by atoms with Crippen LogP contribution < -0.4 is 5.73 Å². The maximum absolute atomic E-state index is 5.83. The average molecular weight is 203 g/mol. The Morgan fingerprint density at radius 2 is 1.77 bits per heavy atom. The summed E-state index contributed by atoms with van der Waals surface area (Å²) in [4.78, 5) is 0. The van der Waals surface area contributed by atoms with Crippen molar-refractivity contribution in [2.45, 2.75) is 58.4 Å². The normalized spacial score (nSPS) is 13.2. The molecule has 0 bridgehead atoms. The Hall–Kier alpha value is 0.310. The van der Waals surface area contributed by atoms with E-state index >= 15 is 0 Å². The molecule has 0 fully saturated rings. The Morgan fingerprint density at radius 3 is 2.38 bits per heavy atom. The number of hydrogen-bond acceptors (Lipinski definition) is 2. The van der Waals surface area contributed by atoms with Gasteiger partial charge in [0.1, 0.15) is 0 Å². The first-order valence-corrected chi connectivity index (χ1v) is 6.80. The van der Waals surface area contributed by atoms with Gasteiger partial charge in [0.2, 0.25) is 0 Å². The molecule has 0 saturated heterocycles. The zero-order chi connectivity index (χ0) is 9.94. The van der Waals surface area contributed by atoms with E-state index in [1.165, 1.54) is 43.6 Å². The van der Waals surface area contributed by atoms with Crippen molar-refractivity contribution in [2.75, 3.05) is 11.5 Å². The molecule has 0 spiro atoms. The highest BCUT2D eigenvalue weighted by Gasteiger charge is 1.97. The van der Waals surface area contributed by atoms with Gasteiger partial charge in [0.25, 0.3) is 0 Å². The maximum atomic E-state index is 5.83. The highest BCUT2D eigenvalue weighted by atomic mass is 32.2. The molecular weight excluding hydrogens is 178 g/mol. The quantitative estimate of drug-likeness (QED) is 0.581. The monoisotopic (exact) mass is 203 g/mol. The van der Waals surface area contributed by atoms with Crippen LogP contribution in [0.15, 0.2) is 0 Å². The van der Waals surface area contributed by atoms with Crippen molar-refractivity contribution in [3.63, 3.8) is 0 Å². The highest BCUT2D eigenvalue weighted by Crippen LogP contribution is 2.10. The minimum Gasteiger partial charge on any atom is -0.328 e. The van der Waals surface area contributed by atoms with Gasteiger partial charge in [-0.25, -0.2) is 0 Å². The molecule has 0 aromatic carbocycles. The van der Waals surface area contributed by atoms with Gasteiger partial charge in [-0.15, -0.1) is 0 Å². The van der Waals surface area contributed by atoms with Gasteiger partial charge < -0.3 is 5.73 Å². The van der Waals surface area contributed by atoms with E-state index in [1.807, 2.05) is 0 Å². The standard InChI is InChI=1S/C11H25NS/c1-3-5-6-9-13-10-7-8-11(12)4-2/h11H,3-10,12H2,1-2H3. The summed E-state index contributed by atoms with van der Waals surface area (Å²) in [5.41, 5.74) is 5.83. The first kappa shape index (κ1) is 13.3. The molecule has 80 valence electrons. The second-order valence-electron chi connectivity index (χ2n) is 3.63. The Labute approximate surface area is 87.9 Å². The van der Waals surface area contributed by atoms with Gasteiger partial charge in [0.05, 0.1) is 0 Å². The highest BCUT2D eigenvalue weighted by molar-refractivity contribution is 7.99. The van der Waals surface area contributed by atoms with Crippen LogP contribution in [0.3, 0.4) is 0 Å². The third-order valence-corrected chi connectivity index (χ3v) is 3.43. The van der Waals surface area contributed by atoms with Crippen LogP contribution in [0.25, 0.3) is 0 Å². The zero-order valence-corrected chi connectivity index (χ0v) is 10.0. The summed E-state index contributed by atoms with van der Waals surface area (Å²) in [6.45, 7) is 4.42. The first-order valence-electron chi connectivity index (χ1n) is 5.64. The predicted octanol–water partition coefficient (Wildman–Crippen LogP) is 3.43. The molecular formula is C11H25NS. The molecule has 2 heteroatoms. The van der Waals surface area contributed by atoms with Crippen molar-refractivity contribution in [3.05, 3.63) is 0 Å². The van der Waals surface area contributed by atoms with Crippen LogP contribution in [-0.4, -0.2) is 17.5 Å². The number of unbranched alkanes of at least 4 members (excludes halogenated alkanes) is 2. The van der Waals surface area contributed by atoms with E-state index in [0.717, 1.165) is 6.42 Å². The number of hydrogen-bond donors (Lipinski definition) is 1. The average Bonchev–Trinajstić information content (AvgIpc) is 2.16. The summed E-state index contributed by atoms with van der Waals surface area (Å²) in [6.07, 6.45) is 7.74. The predicted molar refractivity (Wildman–Crippen MR) is 64.4 cm³/mol. The Kier molecular flexibility index (Phi) is 10.6. The van der Waals surface area contributed by atoms with Gasteiger partial charge in [0.15, 0.2) is 0 Å². The molecule has 13 heavy (non-hydrogen) atoms. The maximum Gasteiger partial charge on any atom is 0.00364 e. The Bertz CT molecular complexity index is 96.1. The smallest absolute Gasteiger partial charge is 0.00364 e. The molecule has 0 heterocycles. The van der Waals surface area contributed by atoms with Crippen LogP contribution in [0.5, 0.6) is 0 Å². The lowest BCUT2D eigenvalue weighted by Gasteiger charge is -2.07. The van der Waals surface area contributed by atoms with Crippen LogP contribution in [0.4, 0.5) is 0 Å². The summed E-state index contributed by atoms with van der Waals surface area (Å²) in [7, 11) is 0.